The van der Waals surface area contributed by atoms with Crippen molar-refractivity contribution in [3.05, 3.63) is 23.8 Å². The molecule has 0 spiro atoms. The molecule has 0 fully saturated rings. The van der Waals surface area contributed by atoms with Gasteiger partial charge in [-0.25, -0.2) is 13.1 Å². The molecule has 17 heavy (non-hydrogen) atoms. The molecule has 1 rings (SSSR count). The minimum atomic E-state index is -3.45. The molecule has 1 unspecified atom stereocenters. The van der Waals surface area contributed by atoms with E-state index in [4.69, 9.17) is 5.73 Å². The topological polar surface area (TPSA) is 72.2 Å². The lowest BCUT2D eigenvalue weighted by Crippen LogP contribution is -2.29. The molecule has 1 atom stereocenters. The van der Waals surface area contributed by atoms with E-state index in [-0.39, 0.29) is 10.1 Å². The fourth-order valence-corrected chi connectivity index (χ4v) is 2.95. The Hall–Kier alpha value is -0.720. The van der Waals surface area contributed by atoms with Gasteiger partial charge in [0.2, 0.25) is 10.0 Å². The Balaban J connectivity index is 2.89. The molecule has 0 aliphatic heterocycles. The van der Waals surface area contributed by atoms with Crippen LogP contribution in [0.25, 0.3) is 0 Å². The minimum Gasteiger partial charge on any atom is -0.399 e. The molecule has 0 aromatic heterocycles. The number of sulfonamides is 1. The lowest BCUT2D eigenvalue weighted by molar-refractivity contribution is 0.581. The van der Waals surface area contributed by atoms with Crippen molar-refractivity contribution in [2.24, 2.45) is 0 Å². The summed E-state index contributed by atoms with van der Waals surface area (Å²) >= 11 is 1.62. The first-order valence-electron chi connectivity index (χ1n) is 5.25. The maximum atomic E-state index is 12.0. The number of nitrogens with two attached hydrogens (primary N) is 1. The number of hydrogen-bond donors (Lipinski definition) is 2. The van der Waals surface area contributed by atoms with Crippen molar-refractivity contribution in [1.29, 1.82) is 0 Å². The zero-order valence-electron chi connectivity index (χ0n) is 10.2. The van der Waals surface area contributed by atoms with E-state index < -0.39 is 10.0 Å². The monoisotopic (exact) mass is 274 g/mol. The van der Waals surface area contributed by atoms with Crippen LogP contribution in [0.3, 0.4) is 0 Å². The highest BCUT2D eigenvalue weighted by atomic mass is 32.2. The van der Waals surface area contributed by atoms with E-state index in [2.05, 4.69) is 4.72 Å². The van der Waals surface area contributed by atoms with Gasteiger partial charge in [-0.1, -0.05) is 6.92 Å². The lowest BCUT2D eigenvalue weighted by Gasteiger charge is -2.11. The zero-order chi connectivity index (χ0) is 13.1. The second kappa shape index (κ2) is 5.75. The van der Waals surface area contributed by atoms with Gasteiger partial charge < -0.3 is 5.73 Å². The number of nitrogen functional groups attached to an aromatic ring is 1. The van der Waals surface area contributed by atoms with E-state index in [9.17, 15) is 8.42 Å². The average molecular weight is 274 g/mol. The Morgan fingerprint density at radius 2 is 2.06 bits per heavy atom. The van der Waals surface area contributed by atoms with Crippen molar-refractivity contribution in [2.75, 3.05) is 18.5 Å². The molecule has 1 aromatic rings. The number of hydrogen-bond acceptors (Lipinski definition) is 4. The van der Waals surface area contributed by atoms with E-state index in [1.54, 1.807) is 23.9 Å². The van der Waals surface area contributed by atoms with Crippen molar-refractivity contribution in [2.45, 2.75) is 24.0 Å². The molecule has 0 saturated heterocycles. The van der Waals surface area contributed by atoms with Gasteiger partial charge in [0.05, 0.1) is 4.90 Å². The van der Waals surface area contributed by atoms with Gasteiger partial charge in [-0.3, -0.25) is 0 Å². The Bertz CT molecular complexity index is 466. The number of benzene rings is 1. The molecule has 0 aliphatic carbocycles. The maximum Gasteiger partial charge on any atom is 0.240 e. The molecular formula is C11H18N2O2S2. The predicted molar refractivity (Wildman–Crippen MR) is 73.8 cm³/mol. The third-order valence-corrected chi connectivity index (χ3v) is 4.72. The average Bonchev–Trinajstić information content (AvgIpc) is 2.24. The summed E-state index contributed by atoms with van der Waals surface area (Å²) < 4.78 is 26.5. The van der Waals surface area contributed by atoms with Crippen molar-refractivity contribution in [3.63, 3.8) is 0 Å². The van der Waals surface area contributed by atoms with Crippen LogP contribution in [0, 0.1) is 6.92 Å². The molecule has 0 aliphatic rings. The fraction of sp³-hybridized carbons (Fsp3) is 0.455. The van der Waals surface area contributed by atoms with Crippen LogP contribution in [0.1, 0.15) is 12.5 Å². The van der Waals surface area contributed by atoms with Crippen LogP contribution >= 0.6 is 11.8 Å². The number of thioether (sulfide) groups is 1. The predicted octanol–water partition coefficient (Wildman–Crippen LogP) is 1.61. The SMILES string of the molecule is CSC(C)CNS(=O)(=O)c1cc(C)cc(N)c1. The Kier molecular flexibility index (Phi) is 4.85. The second-order valence-corrected chi connectivity index (χ2v) is 7.02. The van der Waals surface area contributed by atoms with E-state index in [0.717, 1.165) is 5.56 Å². The molecule has 96 valence electrons. The van der Waals surface area contributed by atoms with Crippen LogP contribution < -0.4 is 10.5 Å². The molecule has 0 amide bonds. The number of rotatable bonds is 5. The second-order valence-electron chi connectivity index (χ2n) is 3.98. The Morgan fingerprint density at radius 3 is 2.59 bits per heavy atom. The first kappa shape index (κ1) is 14.3. The standard InChI is InChI=1S/C11H18N2O2S2/c1-8-4-10(12)6-11(5-8)17(14,15)13-7-9(2)16-3/h4-6,9,13H,7,12H2,1-3H3. The minimum absolute atomic E-state index is 0.225. The van der Waals surface area contributed by atoms with Gasteiger partial charge >= 0.3 is 0 Å². The summed E-state index contributed by atoms with van der Waals surface area (Å²) in [4.78, 5) is 0.225. The summed E-state index contributed by atoms with van der Waals surface area (Å²) in [6, 6.07) is 4.82. The van der Waals surface area contributed by atoms with E-state index >= 15 is 0 Å². The van der Waals surface area contributed by atoms with Gasteiger partial charge in [0, 0.05) is 17.5 Å². The Labute approximate surface area is 107 Å². The number of aryl methyl sites for hydroxylation is 1. The maximum absolute atomic E-state index is 12.0. The fourth-order valence-electron chi connectivity index (χ4n) is 1.33. The molecule has 6 heteroatoms. The molecule has 4 nitrogen and oxygen atoms in total. The molecule has 3 N–H and O–H groups in total. The van der Waals surface area contributed by atoms with Gasteiger partial charge in [-0.15, -0.1) is 0 Å². The zero-order valence-corrected chi connectivity index (χ0v) is 11.9. The summed E-state index contributed by atoms with van der Waals surface area (Å²) in [6.07, 6.45) is 1.95. The highest BCUT2D eigenvalue weighted by molar-refractivity contribution is 7.99. The quantitative estimate of drug-likeness (QED) is 0.800. The number of anilines is 1. The molecular weight excluding hydrogens is 256 g/mol. The summed E-state index contributed by atoms with van der Waals surface area (Å²) in [5.41, 5.74) is 6.94. The molecule has 0 radical (unpaired) electrons. The van der Waals surface area contributed by atoms with Gasteiger partial charge in [0.15, 0.2) is 0 Å². The third kappa shape index (κ3) is 4.22. The summed E-state index contributed by atoms with van der Waals surface area (Å²) in [5, 5.41) is 0.243. The van der Waals surface area contributed by atoms with Crippen LogP contribution in [0.4, 0.5) is 5.69 Å². The smallest absolute Gasteiger partial charge is 0.240 e. The van der Waals surface area contributed by atoms with Crippen molar-refractivity contribution in [3.8, 4) is 0 Å². The summed E-state index contributed by atoms with van der Waals surface area (Å²) in [5.74, 6) is 0. The van der Waals surface area contributed by atoms with E-state index in [0.29, 0.717) is 12.2 Å². The van der Waals surface area contributed by atoms with Gasteiger partial charge in [0.1, 0.15) is 0 Å². The molecule has 0 heterocycles. The highest BCUT2D eigenvalue weighted by Gasteiger charge is 2.15. The number of nitrogens with one attached hydrogen (secondary N) is 1. The largest absolute Gasteiger partial charge is 0.399 e. The van der Waals surface area contributed by atoms with Crippen LogP contribution in [0.5, 0.6) is 0 Å². The van der Waals surface area contributed by atoms with E-state index in [1.165, 1.54) is 6.07 Å². The lowest BCUT2D eigenvalue weighted by atomic mass is 10.2. The molecule has 1 aromatic carbocycles. The van der Waals surface area contributed by atoms with Crippen LogP contribution in [0.2, 0.25) is 0 Å². The van der Waals surface area contributed by atoms with E-state index in [1.807, 2.05) is 20.1 Å². The Morgan fingerprint density at radius 1 is 1.41 bits per heavy atom. The van der Waals surface area contributed by atoms with Crippen molar-refractivity contribution < 1.29 is 8.42 Å². The summed E-state index contributed by atoms with van der Waals surface area (Å²) in [6.45, 7) is 4.20. The molecule has 0 bridgehead atoms. The normalized spacial score (nSPS) is 13.6. The first-order chi connectivity index (χ1) is 7.85. The molecule has 0 saturated carbocycles. The van der Waals surface area contributed by atoms with Crippen LogP contribution in [0.15, 0.2) is 23.1 Å². The van der Waals surface area contributed by atoms with Gasteiger partial charge in [-0.05, 0) is 36.9 Å². The van der Waals surface area contributed by atoms with Gasteiger partial charge in [0.25, 0.3) is 0 Å². The van der Waals surface area contributed by atoms with Crippen LogP contribution in [-0.4, -0.2) is 26.5 Å². The third-order valence-electron chi connectivity index (χ3n) is 2.35. The highest BCUT2D eigenvalue weighted by Crippen LogP contribution is 2.16. The van der Waals surface area contributed by atoms with Crippen molar-refractivity contribution in [1.82, 2.24) is 4.72 Å². The first-order valence-corrected chi connectivity index (χ1v) is 8.02. The van der Waals surface area contributed by atoms with Crippen molar-refractivity contribution >= 4 is 27.5 Å². The summed E-state index contributed by atoms with van der Waals surface area (Å²) in [7, 11) is -3.45. The van der Waals surface area contributed by atoms with Gasteiger partial charge in [-0.2, -0.15) is 11.8 Å². The van der Waals surface area contributed by atoms with Crippen LogP contribution in [-0.2, 0) is 10.0 Å².